The molecule has 4 aromatic rings. The molecule has 0 saturated heterocycles. The molecular formula is C24H23N3O2S. The first-order chi connectivity index (χ1) is 14.4. The standard InChI is InChI=1S/C24H23N3O2S/c1-4-18(21(25)28)27-22(17-12-10-14(2)11-13-17)26-23-20(24(27)29)19(15(3)30-23)16-8-6-5-7-9-16/h5-13,18H,4H2,1-3H3,(H2,25,28). The van der Waals surface area contributed by atoms with Gasteiger partial charge in [-0.05, 0) is 25.8 Å². The highest BCUT2D eigenvalue weighted by atomic mass is 32.1. The van der Waals surface area contributed by atoms with Gasteiger partial charge in [-0.1, -0.05) is 67.1 Å². The van der Waals surface area contributed by atoms with E-state index in [9.17, 15) is 9.59 Å². The Morgan fingerprint density at radius 2 is 1.73 bits per heavy atom. The lowest BCUT2D eigenvalue weighted by Gasteiger charge is -2.19. The predicted octanol–water partition coefficient (Wildman–Crippen LogP) is 4.85. The Morgan fingerprint density at radius 3 is 2.33 bits per heavy atom. The molecule has 5 nitrogen and oxygen atoms in total. The minimum absolute atomic E-state index is 0.232. The van der Waals surface area contributed by atoms with Crippen LogP contribution in [0, 0.1) is 13.8 Å². The Kier molecular flexibility index (Phi) is 5.26. The first kappa shape index (κ1) is 20.0. The normalized spacial score (nSPS) is 12.2. The number of benzene rings is 2. The number of rotatable bonds is 5. The summed E-state index contributed by atoms with van der Waals surface area (Å²) in [4.78, 5) is 32.6. The molecule has 4 rings (SSSR count). The smallest absolute Gasteiger partial charge is 0.263 e. The molecule has 2 aromatic carbocycles. The third-order valence-electron chi connectivity index (χ3n) is 5.33. The van der Waals surface area contributed by atoms with Crippen LogP contribution in [0.15, 0.2) is 59.4 Å². The van der Waals surface area contributed by atoms with Gasteiger partial charge >= 0.3 is 0 Å². The Labute approximate surface area is 178 Å². The van der Waals surface area contributed by atoms with Gasteiger partial charge in [-0.2, -0.15) is 0 Å². The summed E-state index contributed by atoms with van der Waals surface area (Å²) in [5.74, 6) is -0.0682. The Hall–Kier alpha value is -3.25. The lowest BCUT2D eigenvalue weighted by molar-refractivity contribution is -0.121. The number of amides is 1. The Balaban J connectivity index is 2.11. The van der Waals surface area contributed by atoms with Crippen molar-refractivity contribution in [2.24, 2.45) is 5.73 Å². The van der Waals surface area contributed by atoms with Gasteiger partial charge in [0.2, 0.25) is 5.91 Å². The van der Waals surface area contributed by atoms with Gasteiger partial charge in [0.05, 0.1) is 5.39 Å². The van der Waals surface area contributed by atoms with E-state index < -0.39 is 11.9 Å². The van der Waals surface area contributed by atoms with Crippen LogP contribution in [0.4, 0.5) is 0 Å². The SMILES string of the molecule is CCC(C(N)=O)n1c(-c2ccc(C)cc2)nc2sc(C)c(-c3ccccc3)c2c1=O. The van der Waals surface area contributed by atoms with Gasteiger partial charge in [0.1, 0.15) is 16.7 Å². The van der Waals surface area contributed by atoms with E-state index in [1.165, 1.54) is 15.9 Å². The largest absolute Gasteiger partial charge is 0.368 e. The molecule has 2 heterocycles. The highest BCUT2D eigenvalue weighted by Crippen LogP contribution is 2.37. The number of nitrogens with two attached hydrogens (primary N) is 1. The fourth-order valence-corrected chi connectivity index (χ4v) is 4.87. The first-order valence-corrected chi connectivity index (χ1v) is 10.7. The van der Waals surface area contributed by atoms with E-state index in [1.54, 1.807) is 0 Å². The van der Waals surface area contributed by atoms with Gasteiger partial charge in [-0.25, -0.2) is 4.98 Å². The molecule has 0 aliphatic rings. The number of carbonyl (C=O) groups is 1. The fraction of sp³-hybridized carbons (Fsp3) is 0.208. The summed E-state index contributed by atoms with van der Waals surface area (Å²) in [6.07, 6.45) is 0.408. The minimum atomic E-state index is -0.769. The van der Waals surface area contributed by atoms with Crippen molar-refractivity contribution in [3.05, 3.63) is 75.4 Å². The van der Waals surface area contributed by atoms with E-state index in [-0.39, 0.29) is 5.56 Å². The number of aryl methyl sites for hydroxylation is 2. The van der Waals surface area contributed by atoms with E-state index in [2.05, 4.69) is 0 Å². The zero-order valence-corrected chi connectivity index (χ0v) is 18.0. The third-order valence-corrected chi connectivity index (χ3v) is 6.33. The summed E-state index contributed by atoms with van der Waals surface area (Å²) in [7, 11) is 0. The van der Waals surface area contributed by atoms with Crippen LogP contribution < -0.4 is 11.3 Å². The average Bonchev–Trinajstić information content (AvgIpc) is 3.07. The van der Waals surface area contributed by atoms with Crippen molar-refractivity contribution in [3.63, 3.8) is 0 Å². The molecule has 152 valence electrons. The summed E-state index contributed by atoms with van der Waals surface area (Å²) < 4.78 is 1.48. The van der Waals surface area contributed by atoms with Gasteiger partial charge in [-0.15, -0.1) is 11.3 Å². The van der Waals surface area contributed by atoms with Gasteiger partial charge in [0.25, 0.3) is 5.56 Å². The van der Waals surface area contributed by atoms with Crippen molar-refractivity contribution in [1.29, 1.82) is 0 Å². The molecule has 6 heteroatoms. The molecule has 0 aliphatic heterocycles. The maximum absolute atomic E-state index is 13.8. The number of aromatic nitrogens is 2. The van der Waals surface area contributed by atoms with E-state index in [0.29, 0.717) is 22.5 Å². The van der Waals surface area contributed by atoms with E-state index >= 15 is 0 Å². The summed E-state index contributed by atoms with van der Waals surface area (Å²) in [5.41, 5.74) is 9.18. The molecule has 2 N–H and O–H groups in total. The van der Waals surface area contributed by atoms with Crippen molar-refractivity contribution in [2.45, 2.75) is 33.2 Å². The van der Waals surface area contributed by atoms with E-state index in [0.717, 1.165) is 27.1 Å². The van der Waals surface area contributed by atoms with Gasteiger partial charge < -0.3 is 5.73 Å². The second-order valence-corrected chi connectivity index (χ2v) is 8.59. The molecule has 1 unspecified atom stereocenters. The predicted molar refractivity (Wildman–Crippen MR) is 123 cm³/mol. The molecule has 30 heavy (non-hydrogen) atoms. The van der Waals surface area contributed by atoms with Gasteiger partial charge in [-0.3, -0.25) is 14.2 Å². The monoisotopic (exact) mass is 417 g/mol. The highest BCUT2D eigenvalue weighted by molar-refractivity contribution is 7.19. The van der Waals surface area contributed by atoms with Crippen LogP contribution in [0.3, 0.4) is 0 Å². The molecule has 0 aliphatic carbocycles. The molecule has 2 aromatic heterocycles. The van der Waals surface area contributed by atoms with Crippen LogP contribution in [-0.4, -0.2) is 15.5 Å². The quantitative estimate of drug-likeness (QED) is 0.504. The van der Waals surface area contributed by atoms with Crippen molar-refractivity contribution in [3.8, 4) is 22.5 Å². The molecule has 0 spiro atoms. The number of hydrogen-bond donors (Lipinski definition) is 1. The molecule has 0 fully saturated rings. The third kappa shape index (κ3) is 3.33. The molecular weight excluding hydrogens is 394 g/mol. The number of fused-ring (bicyclic) bond motifs is 1. The van der Waals surface area contributed by atoms with Crippen molar-refractivity contribution in [2.75, 3.05) is 0 Å². The number of hydrogen-bond acceptors (Lipinski definition) is 4. The Morgan fingerprint density at radius 1 is 1.07 bits per heavy atom. The first-order valence-electron chi connectivity index (χ1n) is 9.89. The lowest BCUT2D eigenvalue weighted by atomic mass is 10.0. The van der Waals surface area contributed by atoms with Crippen LogP contribution in [0.1, 0.15) is 29.8 Å². The van der Waals surface area contributed by atoms with Crippen molar-refractivity contribution < 1.29 is 4.79 Å². The maximum atomic E-state index is 13.8. The zero-order chi connectivity index (χ0) is 21.4. The number of carbonyl (C=O) groups excluding carboxylic acids is 1. The van der Waals surface area contributed by atoms with E-state index in [1.807, 2.05) is 75.4 Å². The van der Waals surface area contributed by atoms with Gasteiger partial charge in [0, 0.05) is 16.0 Å². The molecule has 0 radical (unpaired) electrons. The fourth-order valence-electron chi connectivity index (χ4n) is 3.83. The van der Waals surface area contributed by atoms with Crippen LogP contribution in [0.5, 0.6) is 0 Å². The van der Waals surface area contributed by atoms with Crippen molar-refractivity contribution in [1.82, 2.24) is 9.55 Å². The van der Waals surface area contributed by atoms with Crippen LogP contribution in [-0.2, 0) is 4.79 Å². The number of nitrogens with zero attached hydrogens (tertiary/aromatic N) is 2. The number of primary amides is 1. The Bertz CT molecular complexity index is 1290. The van der Waals surface area contributed by atoms with Crippen molar-refractivity contribution >= 4 is 27.5 Å². The van der Waals surface area contributed by atoms with E-state index in [4.69, 9.17) is 10.7 Å². The van der Waals surface area contributed by atoms with Crippen LogP contribution in [0.2, 0.25) is 0 Å². The summed E-state index contributed by atoms with van der Waals surface area (Å²) in [5, 5.41) is 0.541. The zero-order valence-electron chi connectivity index (χ0n) is 17.2. The lowest BCUT2D eigenvalue weighted by Crippen LogP contribution is -2.35. The topological polar surface area (TPSA) is 78.0 Å². The molecule has 1 amide bonds. The second kappa shape index (κ2) is 7.88. The minimum Gasteiger partial charge on any atom is -0.368 e. The summed E-state index contributed by atoms with van der Waals surface area (Å²) in [6, 6.07) is 16.8. The van der Waals surface area contributed by atoms with Gasteiger partial charge in [0.15, 0.2) is 0 Å². The summed E-state index contributed by atoms with van der Waals surface area (Å²) >= 11 is 1.50. The maximum Gasteiger partial charge on any atom is 0.263 e. The van der Waals surface area contributed by atoms with Crippen LogP contribution >= 0.6 is 11.3 Å². The number of thiophene rings is 1. The molecule has 0 bridgehead atoms. The molecule has 0 saturated carbocycles. The average molecular weight is 418 g/mol. The molecule has 1 atom stereocenters. The summed E-state index contributed by atoms with van der Waals surface area (Å²) in [6.45, 7) is 5.85. The highest BCUT2D eigenvalue weighted by Gasteiger charge is 2.26. The second-order valence-electron chi connectivity index (χ2n) is 7.38. The van der Waals surface area contributed by atoms with Crippen LogP contribution in [0.25, 0.3) is 32.7 Å².